The van der Waals surface area contributed by atoms with Gasteiger partial charge in [0.15, 0.2) is 0 Å². The topological polar surface area (TPSA) is 57.5 Å². The van der Waals surface area contributed by atoms with Crippen LogP contribution in [-0.2, 0) is 11.0 Å². The van der Waals surface area contributed by atoms with Crippen molar-refractivity contribution in [3.05, 3.63) is 96.6 Å². The second-order valence-electron chi connectivity index (χ2n) is 9.55. The van der Waals surface area contributed by atoms with E-state index >= 15 is 4.57 Å². The number of aliphatic hydroxyl groups is 2. The summed E-state index contributed by atoms with van der Waals surface area (Å²) in [6, 6.07) is 30.0. The smallest absolute Gasteiger partial charge is 0.147 e. The second kappa shape index (κ2) is 14.8. The Hall–Kier alpha value is -1.84. The fourth-order valence-corrected chi connectivity index (χ4v) is 10.4. The Kier molecular flexibility index (Phi) is 11.8. The molecule has 0 amide bonds. The molecule has 0 saturated carbocycles. The molecule has 3 aromatic rings. The van der Waals surface area contributed by atoms with Gasteiger partial charge in [0, 0.05) is 21.5 Å². The zero-order valence-corrected chi connectivity index (χ0v) is 23.3. The van der Waals surface area contributed by atoms with Crippen LogP contribution in [0, 0.1) is 0 Å². The van der Waals surface area contributed by atoms with E-state index in [1.807, 2.05) is 66.7 Å². The lowest BCUT2D eigenvalue weighted by Crippen LogP contribution is -2.44. The van der Waals surface area contributed by atoms with Crippen LogP contribution >= 0.6 is 18.9 Å². The molecule has 0 radical (unpaired) electrons. The Bertz CT molecular complexity index is 1000. The Morgan fingerprint density at radius 1 is 0.778 bits per heavy atom. The van der Waals surface area contributed by atoms with Crippen molar-refractivity contribution >= 4 is 29.5 Å². The van der Waals surface area contributed by atoms with Crippen LogP contribution in [0.4, 0.5) is 0 Å². The van der Waals surface area contributed by atoms with Crippen LogP contribution in [0.25, 0.3) is 0 Å². The highest BCUT2D eigenvalue weighted by Crippen LogP contribution is 2.54. The number of hydrogen-bond donors (Lipinski definition) is 2. The Morgan fingerprint density at radius 2 is 1.31 bits per heavy atom. The van der Waals surface area contributed by atoms with E-state index in [0.717, 1.165) is 54.9 Å². The molecule has 36 heavy (non-hydrogen) atoms. The van der Waals surface area contributed by atoms with Crippen molar-refractivity contribution in [2.45, 2.75) is 75.5 Å². The van der Waals surface area contributed by atoms with Crippen LogP contribution in [-0.4, -0.2) is 39.1 Å². The largest absolute Gasteiger partial charge is 0.391 e. The Labute approximate surface area is 221 Å². The van der Waals surface area contributed by atoms with Crippen molar-refractivity contribution in [1.29, 1.82) is 0 Å². The van der Waals surface area contributed by atoms with Crippen molar-refractivity contribution < 1.29 is 14.8 Å². The molecule has 0 fully saturated rings. The molecule has 0 saturated heterocycles. The van der Waals surface area contributed by atoms with Gasteiger partial charge in [-0.1, -0.05) is 117 Å². The maximum atomic E-state index is 15.3. The fourth-order valence-electron chi connectivity index (χ4n) is 4.84. The van der Waals surface area contributed by atoms with Crippen molar-refractivity contribution in [2.24, 2.45) is 0 Å². The van der Waals surface area contributed by atoms with Gasteiger partial charge in [-0.25, -0.2) is 0 Å². The van der Waals surface area contributed by atoms with E-state index < -0.39 is 19.3 Å². The van der Waals surface area contributed by atoms with Crippen LogP contribution < -0.4 is 10.6 Å². The number of unbranched alkanes of at least 4 members (excludes halogenated alkanes) is 2. The summed E-state index contributed by atoms with van der Waals surface area (Å²) in [5.41, 5.74) is 1.02. The predicted octanol–water partition coefficient (Wildman–Crippen LogP) is 6.43. The second-order valence-corrected chi connectivity index (χ2v) is 13.8. The summed E-state index contributed by atoms with van der Waals surface area (Å²) in [6.07, 6.45) is 3.87. The molecule has 194 valence electrons. The van der Waals surface area contributed by atoms with Crippen molar-refractivity contribution in [2.75, 3.05) is 5.75 Å². The van der Waals surface area contributed by atoms with Gasteiger partial charge in [0.2, 0.25) is 0 Å². The van der Waals surface area contributed by atoms with Crippen LogP contribution in [0.15, 0.2) is 91.0 Å². The molecule has 0 spiro atoms. The monoisotopic (exact) mass is 524 g/mol. The van der Waals surface area contributed by atoms with Crippen LogP contribution in [0.3, 0.4) is 0 Å². The maximum absolute atomic E-state index is 15.3. The first-order valence-electron chi connectivity index (χ1n) is 13.2. The molecule has 4 atom stereocenters. The summed E-state index contributed by atoms with van der Waals surface area (Å²) in [4.78, 5) is 0. The highest BCUT2D eigenvalue weighted by atomic mass is 32.2. The molecule has 3 nitrogen and oxygen atoms in total. The first kappa shape index (κ1) is 28.7. The van der Waals surface area contributed by atoms with Gasteiger partial charge in [0.1, 0.15) is 7.14 Å². The number of benzene rings is 3. The van der Waals surface area contributed by atoms with Crippen molar-refractivity contribution in [3.8, 4) is 0 Å². The number of rotatable bonds is 15. The summed E-state index contributed by atoms with van der Waals surface area (Å²) in [7, 11) is -3.12. The molecule has 0 aromatic heterocycles. The molecule has 2 N–H and O–H groups in total. The van der Waals surface area contributed by atoms with E-state index in [2.05, 4.69) is 31.2 Å². The molecule has 0 unspecified atom stereocenters. The van der Waals surface area contributed by atoms with Gasteiger partial charge in [0.05, 0.1) is 12.2 Å². The quantitative estimate of drug-likeness (QED) is 0.178. The first-order chi connectivity index (χ1) is 17.5. The number of aryl methyl sites for hydroxylation is 1. The van der Waals surface area contributed by atoms with E-state index in [4.69, 9.17) is 0 Å². The lowest BCUT2D eigenvalue weighted by molar-refractivity contribution is 0.0292. The molecule has 0 aliphatic carbocycles. The third-order valence-electron chi connectivity index (χ3n) is 6.82. The highest BCUT2D eigenvalue weighted by molar-refractivity contribution is 8.00. The molecular weight excluding hydrogens is 483 g/mol. The predicted molar refractivity (Wildman–Crippen MR) is 156 cm³/mol. The van der Waals surface area contributed by atoms with E-state index in [1.54, 1.807) is 18.7 Å². The minimum absolute atomic E-state index is 0.278. The van der Waals surface area contributed by atoms with Gasteiger partial charge >= 0.3 is 0 Å². The van der Waals surface area contributed by atoms with Gasteiger partial charge in [-0.2, -0.15) is 11.8 Å². The van der Waals surface area contributed by atoms with Crippen LogP contribution in [0.2, 0.25) is 0 Å². The van der Waals surface area contributed by atoms with Gasteiger partial charge in [-0.05, 0) is 37.5 Å². The minimum atomic E-state index is -3.12. The third kappa shape index (κ3) is 7.59. The standard InChI is InChI=1S/C31H41O3PS/c1-3-4-8-23-29(35(34,27-19-11-6-12-20-27)28-21-13-7-14-22-28)31(30(33)25(2)32)36-24-15-18-26-16-9-5-10-17-26/h5-7,9-14,16-17,19-22,25,29-33H,3-4,8,15,18,23-24H2,1-2H3/t25-,29+,30+,31-/m1/s1. The molecular formula is C31H41O3PS. The molecule has 5 heteroatoms. The summed E-state index contributed by atoms with van der Waals surface area (Å²) < 4.78 is 15.3. The normalized spacial score (nSPS) is 15.2. The van der Waals surface area contributed by atoms with E-state index in [1.165, 1.54) is 5.56 Å². The third-order valence-corrected chi connectivity index (χ3v) is 12.2. The summed E-state index contributed by atoms with van der Waals surface area (Å²) in [5, 5.41) is 23.1. The molecule has 0 aliphatic heterocycles. The maximum Gasteiger partial charge on any atom is 0.147 e. The molecule has 0 heterocycles. The van der Waals surface area contributed by atoms with Gasteiger partial charge in [0.25, 0.3) is 0 Å². The van der Waals surface area contributed by atoms with Crippen molar-refractivity contribution in [3.63, 3.8) is 0 Å². The van der Waals surface area contributed by atoms with E-state index in [9.17, 15) is 10.2 Å². The number of aliphatic hydroxyl groups excluding tert-OH is 2. The molecule has 0 aliphatic rings. The zero-order chi connectivity index (χ0) is 25.8. The highest BCUT2D eigenvalue weighted by Gasteiger charge is 2.44. The number of thioether (sulfide) groups is 1. The van der Waals surface area contributed by atoms with E-state index in [-0.39, 0.29) is 10.9 Å². The van der Waals surface area contributed by atoms with Crippen LogP contribution in [0.1, 0.15) is 51.5 Å². The number of hydrogen-bond acceptors (Lipinski definition) is 4. The SMILES string of the molecule is CCCCC[C@@H]([C@@H](SCCCc1ccccc1)[C@@H](O)[C@@H](C)O)P(=O)(c1ccccc1)c1ccccc1. The average molecular weight is 525 g/mol. The summed E-state index contributed by atoms with van der Waals surface area (Å²) in [6.45, 7) is 3.81. The average Bonchev–Trinajstić information content (AvgIpc) is 2.92. The van der Waals surface area contributed by atoms with Crippen LogP contribution in [0.5, 0.6) is 0 Å². The lowest BCUT2D eigenvalue weighted by atomic mass is 10.0. The minimum Gasteiger partial charge on any atom is -0.391 e. The van der Waals surface area contributed by atoms with Gasteiger partial charge in [-0.15, -0.1) is 0 Å². The van der Waals surface area contributed by atoms with E-state index in [0.29, 0.717) is 0 Å². The van der Waals surface area contributed by atoms with Gasteiger partial charge < -0.3 is 14.8 Å². The summed E-state index contributed by atoms with van der Waals surface area (Å²) >= 11 is 1.68. The molecule has 3 aromatic carbocycles. The molecule has 3 rings (SSSR count). The molecule has 0 bridgehead atoms. The van der Waals surface area contributed by atoms with Crippen molar-refractivity contribution in [1.82, 2.24) is 0 Å². The first-order valence-corrected chi connectivity index (χ1v) is 16.0. The fraction of sp³-hybridized carbons (Fsp3) is 0.419. The van der Waals surface area contributed by atoms with Gasteiger partial charge in [-0.3, -0.25) is 0 Å². The Balaban J connectivity index is 1.97. The lowest BCUT2D eigenvalue weighted by Gasteiger charge is -2.38. The summed E-state index contributed by atoms with van der Waals surface area (Å²) in [5.74, 6) is 0.831. The zero-order valence-electron chi connectivity index (χ0n) is 21.6. The Morgan fingerprint density at radius 3 is 1.81 bits per heavy atom.